The lowest BCUT2D eigenvalue weighted by Crippen LogP contribution is -2.34. The van der Waals surface area contributed by atoms with Gasteiger partial charge in [-0.05, 0) is 19.1 Å². The molecule has 2 heterocycles. The topological polar surface area (TPSA) is 74.5 Å². The molecule has 0 saturated carbocycles. The average Bonchev–Trinajstić information content (AvgIpc) is 2.84. The van der Waals surface area contributed by atoms with Crippen LogP contribution in [0.4, 0.5) is 0 Å². The molecule has 1 aliphatic rings. The van der Waals surface area contributed by atoms with Gasteiger partial charge < -0.3 is 20.2 Å². The van der Waals surface area contributed by atoms with E-state index >= 15 is 0 Å². The summed E-state index contributed by atoms with van der Waals surface area (Å²) < 4.78 is 5.20. The van der Waals surface area contributed by atoms with E-state index in [1.165, 1.54) is 0 Å². The van der Waals surface area contributed by atoms with Gasteiger partial charge in [0.15, 0.2) is 5.76 Å². The van der Waals surface area contributed by atoms with Crippen molar-refractivity contribution in [3.63, 3.8) is 0 Å². The zero-order chi connectivity index (χ0) is 11.5. The van der Waals surface area contributed by atoms with Gasteiger partial charge in [0.1, 0.15) is 5.76 Å². The normalized spacial score (nSPS) is 23.2. The summed E-state index contributed by atoms with van der Waals surface area (Å²) in [6, 6.07) is 3.40. The number of β-amino-alcohol motifs (C(OH)–C–C–N with tert-alkyl or cyclic N) is 1. The van der Waals surface area contributed by atoms with E-state index in [0.717, 1.165) is 6.54 Å². The summed E-state index contributed by atoms with van der Waals surface area (Å²) in [4.78, 5) is 11.6. The molecule has 1 fully saturated rings. The molecule has 0 radical (unpaired) electrons. The highest BCUT2D eigenvalue weighted by Gasteiger charge is 2.25. The van der Waals surface area contributed by atoms with E-state index in [1.807, 2.05) is 0 Å². The molecule has 1 amide bonds. The standard InChI is InChI=1S/C11H16N2O3.ClH/c1-7-2-3-10(16-7)11(15)13-5-8-4-12-6-9(8)14;/h2-3,8-9,12,14H,4-6H2,1H3,(H,13,15);1H. The summed E-state index contributed by atoms with van der Waals surface area (Å²) in [6.45, 7) is 3.59. The van der Waals surface area contributed by atoms with Gasteiger partial charge in [-0.3, -0.25) is 4.79 Å². The first-order valence-electron chi connectivity index (χ1n) is 5.40. The lowest BCUT2D eigenvalue weighted by Gasteiger charge is -2.13. The minimum atomic E-state index is -0.376. The van der Waals surface area contributed by atoms with Crippen molar-refractivity contribution in [1.82, 2.24) is 10.6 Å². The summed E-state index contributed by atoms with van der Waals surface area (Å²) in [5, 5.41) is 15.4. The molecule has 1 aromatic rings. The second kappa shape index (κ2) is 6.05. The van der Waals surface area contributed by atoms with Crippen LogP contribution in [0.15, 0.2) is 16.5 Å². The summed E-state index contributed by atoms with van der Waals surface area (Å²) in [6.07, 6.45) is -0.376. The summed E-state index contributed by atoms with van der Waals surface area (Å²) in [5.41, 5.74) is 0. The van der Waals surface area contributed by atoms with Crippen molar-refractivity contribution >= 4 is 18.3 Å². The van der Waals surface area contributed by atoms with E-state index in [4.69, 9.17) is 4.42 Å². The Bertz CT molecular complexity index is 381. The number of nitrogens with one attached hydrogen (secondary N) is 2. The smallest absolute Gasteiger partial charge is 0.287 e. The third kappa shape index (κ3) is 3.46. The van der Waals surface area contributed by atoms with E-state index in [-0.39, 0.29) is 30.3 Å². The minimum Gasteiger partial charge on any atom is -0.456 e. The molecule has 1 saturated heterocycles. The first kappa shape index (κ1) is 14.0. The van der Waals surface area contributed by atoms with E-state index in [1.54, 1.807) is 19.1 Å². The average molecular weight is 261 g/mol. The molecule has 6 heteroatoms. The molecule has 1 aromatic heterocycles. The SMILES string of the molecule is Cc1ccc(C(=O)NCC2CNCC2O)o1.Cl. The van der Waals surface area contributed by atoms with E-state index < -0.39 is 0 Å². The Kier molecular flexibility index (Phi) is 4.99. The van der Waals surface area contributed by atoms with Gasteiger partial charge in [0.2, 0.25) is 0 Å². The van der Waals surface area contributed by atoms with Crippen LogP contribution < -0.4 is 10.6 Å². The van der Waals surface area contributed by atoms with Crippen molar-refractivity contribution in [3.05, 3.63) is 23.7 Å². The van der Waals surface area contributed by atoms with Crippen LogP contribution in [0.3, 0.4) is 0 Å². The largest absolute Gasteiger partial charge is 0.456 e. The number of halogens is 1. The van der Waals surface area contributed by atoms with Crippen LogP contribution in [-0.4, -0.2) is 36.8 Å². The van der Waals surface area contributed by atoms with Gasteiger partial charge in [-0.25, -0.2) is 0 Å². The zero-order valence-corrected chi connectivity index (χ0v) is 10.4. The van der Waals surface area contributed by atoms with Crippen LogP contribution in [0.5, 0.6) is 0 Å². The highest BCUT2D eigenvalue weighted by atomic mass is 35.5. The zero-order valence-electron chi connectivity index (χ0n) is 9.60. The van der Waals surface area contributed by atoms with E-state index in [2.05, 4.69) is 10.6 Å². The Morgan fingerprint density at radius 1 is 1.59 bits per heavy atom. The number of furan rings is 1. The minimum absolute atomic E-state index is 0. The molecule has 2 unspecified atom stereocenters. The molecule has 5 nitrogen and oxygen atoms in total. The number of amides is 1. The molecular formula is C11H17ClN2O3. The maximum Gasteiger partial charge on any atom is 0.287 e. The van der Waals surface area contributed by atoms with Gasteiger partial charge in [-0.1, -0.05) is 0 Å². The van der Waals surface area contributed by atoms with Crippen molar-refractivity contribution in [1.29, 1.82) is 0 Å². The third-order valence-electron chi connectivity index (χ3n) is 2.79. The lowest BCUT2D eigenvalue weighted by molar-refractivity contribution is 0.0898. The van der Waals surface area contributed by atoms with Crippen LogP contribution in [-0.2, 0) is 0 Å². The Balaban J connectivity index is 0.00000144. The number of aliphatic hydroxyl groups excluding tert-OH is 1. The number of carbonyl (C=O) groups is 1. The predicted molar refractivity (Wildman–Crippen MR) is 65.4 cm³/mol. The Labute approximate surface area is 106 Å². The highest BCUT2D eigenvalue weighted by Crippen LogP contribution is 2.09. The number of carbonyl (C=O) groups excluding carboxylic acids is 1. The molecule has 0 aromatic carbocycles. The summed E-state index contributed by atoms with van der Waals surface area (Å²) in [7, 11) is 0. The van der Waals surface area contributed by atoms with Gasteiger partial charge >= 0.3 is 0 Å². The Morgan fingerprint density at radius 2 is 2.35 bits per heavy atom. The number of aliphatic hydroxyl groups is 1. The monoisotopic (exact) mass is 260 g/mol. The molecule has 0 spiro atoms. The van der Waals surface area contributed by atoms with E-state index in [9.17, 15) is 9.90 Å². The maximum absolute atomic E-state index is 11.6. The number of hydrogen-bond donors (Lipinski definition) is 3. The van der Waals surface area contributed by atoms with E-state index in [0.29, 0.717) is 24.6 Å². The molecule has 1 aliphatic heterocycles. The second-order valence-corrected chi connectivity index (χ2v) is 4.11. The molecule has 0 aliphatic carbocycles. The molecule has 3 N–H and O–H groups in total. The Morgan fingerprint density at radius 3 is 2.88 bits per heavy atom. The highest BCUT2D eigenvalue weighted by molar-refractivity contribution is 5.91. The molecule has 2 atom stereocenters. The fourth-order valence-corrected chi connectivity index (χ4v) is 1.79. The number of hydrogen-bond acceptors (Lipinski definition) is 4. The van der Waals surface area contributed by atoms with Crippen molar-refractivity contribution in [2.45, 2.75) is 13.0 Å². The van der Waals surface area contributed by atoms with Gasteiger partial charge in [0.05, 0.1) is 6.10 Å². The van der Waals surface area contributed by atoms with Crippen LogP contribution in [0.2, 0.25) is 0 Å². The van der Waals surface area contributed by atoms with Crippen LogP contribution in [0.1, 0.15) is 16.3 Å². The van der Waals surface area contributed by atoms with Crippen LogP contribution in [0.25, 0.3) is 0 Å². The first-order valence-corrected chi connectivity index (χ1v) is 5.40. The maximum atomic E-state index is 11.6. The fourth-order valence-electron chi connectivity index (χ4n) is 1.79. The quantitative estimate of drug-likeness (QED) is 0.732. The van der Waals surface area contributed by atoms with Gasteiger partial charge in [0.25, 0.3) is 5.91 Å². The van der Waals surface area contributed by atoms with Gasteiger partial charge in [-0.15, -0.1) is 12.4 Å². The predicted octanol–water partition coefficient (Wildman–Crippen LogP) is 0.320. The first-order chi connectivity index (χ1) is 7.66. The molecular weight excluding hydrogens is 244 g/mol. The number of aryl methyl sites for hydroxylation is 1. The van der Waals surface area contributed by atoms with Crippen LogP contribution >= 0.6 is 12.4 Å². The molecule has 2 rings (SSSR count). The van der Waals surface area contributed by atoms with Gasteiger partial charge in [0, 0.05) is 25.6 Å². The van der Waals surface area contributed by atoms with Crippen molar-refractivity contribution in [2.75, 3.05) is 19.6 Å². The fraction of sp³-hybridized carbons (Fsp3) is 0.545. The second-order valence-electron chi connectivity index (χ2n) is 4.11. The summed E-state index contributed by atoms with van der Waals surface area (Å²) in [5.74, 6) is 0.887. The van der Waals surface area contributed by atoms with Crippen molar-refractivity contribution < 1.29 is 14.3 Å². The lowest BCUT2D eigenvalue weighted by atomic mass is 10.1. The Hall–Kier alpha value is -1.04. The third-order valence-corrected chi connectivity index (χ3v) is 2.79. The summed E-state index contributed by atoms with van der Waals surface area (Å²) >= 11 is 0. The van der Waals surface area contributed by atoms with Gasteiger partial charge in [-0.2, -0.15) is 0 Å². The van der Waals surface area contributed by atoms with Crippen molar-refractivity contribution in [3.8, 4) is 0 Å². The molecule has 17 heavy (non-hydrogen) atoms. The van der Waals surface area contributed by atoms with Crippen LogP contribution in [0, 0.1) is 12.8 Å². The molecule has 0 bridgehead atoms. The van der Waals surface area contributed by atoms with Crippen molar-refractivity contribution in [2.24, 2.45) is 5.92 Å². The molecule has 96 valence electrons. The number of rotatable bonds is 3.